The van der Waals surface area contributed by atoms with E-state index in [1.165, 1.54) is 0 Å². The van der Waals surface area contributed by atoms with Crippen molar-refractivity contribution in [3.05, 3.63) is 90.0 Å². The fraction of sp³-hybridized carbons (Fsp3) is 0.136. The van der Waals surface area contributed by atoms with E-state index in [4.69, 9.17) is 0 Å². The van der Waals surface area contributed by atoms with Gasteiger partial charge in [-0.2, -0.15) is 0 Å². The molecular formula is C22H20N4OS. The van der Waals surface area contributed by atoms with Crippen LogP contribution in [-0.4, -0.2) is 20.4 Å². The van der Waals surface area contributed by atoms with E-state index in [0.29, 0.717) is 0 Å². The maximum atomic E-state index is 12.4. The van der Waals surface area contributed by atoms with E-state index in [-0.39, 0.29) is 18.4 Å². The van der Waals surface area contributed by atoms with Crippen LogP contribution in [0.4, 0.5) is 0 Å². The summed E-state index contributed by atoms with van der Waals surface area (Å²) in [6.45, 7) is 1.99. The second-order valence-corrected chi connectivity index (χ2v) is 7.40. The molecule has 0 saturated heterocycles. The zero-order valence-corrected chi connectivity index (χ0v) is 16.3. The lowest BCUT2D eigenvalue weighted by molar-refractivity contribution is -0.121. The molecule has 0 aliphatic carbocycles. The average Bonchev–Trinajstić information content (AvgIpc) is 3.41. The minimum absolute atomic E-state index is 0.0314. The quantitative estimate of drug-likeness (QED) is 0.532. The first-order chi connectivity index (χ1) is 13.7. The summed E-state index contributed by atoms with van der Waals surface area (Å²) in [5.74, 6) is -0.0314. The minimum Gasteiger partial charge on any atom is -0.349 e. The van der Waals surface area contributed by atoms with Crippen LogP contribution < -0.4 is 5.32 Å². The van der Waals surface area contributed by atoms with Crippen LogP contribution in [0.1, 0.15) is 24.2 Å². The van der Waals surface area contributed by atoms with Crippen LogP contribution in [0.5, 0.6) is 0 Å². The maximum Gasteiger partial charge on any atom is 0.226 e. The summed E-state index contributed by atoms with van der Waals surface area (Å²) in [6.07, 6.45) is 5.69. The van der Waals surface area contributed by atoms with Gasteiger partial charge in [-0.15, -0.1) is 11.3 Å². The van der Waals surface area contributed by atoms with Crippen LogP contribution in [0.2, 0.25) is 0 Å². The number of benzene rings is 2. The van der Waals surface area contributed by atoms with Gasteiger partial charge in [-0.25, -0.2) is 9.97 Å². The fourth-order valence-electron chi connectivity index (χ4n) is 2.99. The molecule has 6 heteroatoms. The molecule has 2 aromatic heterocycles. The topological polar surface area (TPSA) is 59.8 Å². The summed E-state index contributed by atoms with van der Waals surface area (Å²) in [5, 5.41) is 5.94. The normalized spacial score (nSPS) is 11.9. The molecule has 5 nitrogen and oxygen atoms in total. The molecule has 0 unspecified atom stereocenters. The molecular weight excluding hydrogens is 368 g/mol. The molecule has 28 heavy (non-hydrogen) atoms. The highest BCUT2D eigenvalue weighted by molar-refractivity contribution is 7.13. The van der Waals surface area contributed by atoms with Crippen molar-refractivity contribution >= 4 is 17.2 Å². The number of hydrogen-bond acceptors (Lipinski definition) is 4. The van der Waals surface area contributed by atoms with Gasteiger partial charge in [-0.3, -0.25) is 4.79 Å². The maximum absolute atomic E-state index is 12.4. The second kappa shape index (κ2) is 8.19. The number of carbonyl (C=O) groups is 1. The highest BCUT2D eigenvalue weighted by Gasteiger charge is 2.13. The Hall–Kier alpha value is -3.25. The molecule has 0 bridgehead atoms. The summed E-state index contributed by atoms with van der Waals surface area (Å²) in [5.41, 5.74) is 3.96. The first-order valence-corrected chi connectivity index (χ1v) is 9.94. The first kappa shape index (κ1) is 18.1. The number of nitrogens with zero attached hydrogens (tertiary/aromatic N) is 3. The molecule has 0 saturated carbocycles. The average molecular weight is 388 g/mol. The monoisotopic (exact) mass is 388 g/mol. The van der Waals surface area contributed by atoms with Crippen LogP contribution in [0, 0.1) is 0 Å². The lowest BCUT2D eigenvalue weighted by atomic mass is 10.1. The number of nitrogens with one attached hydrogen (secondary N) is 1. The Labute approximate surface area is 167 Å². The van der Waals surface area contributed by atoms with Crippen molar-refractivity contribution in [2.45, 2.75) is 19.4 Å². The van der Waals surface area contributed by atoms with Crippen molar-refractivity contribution in [1.82, 2.24) is 19.9 Å². The SMILES string of the molecule is C[C@H](NC(=O)Cc1csc(-c2ccccc2)n1)c1ccc(-n2ccnc2)cc1. The Kier molecular flexibility index (Phi) is 5.30. The number of rotatable bonds is 6. The van der Waals surface area contributed by atoms with Crippen LogP contribution >= 0.6 is 11.3 Å². The van der Waals surface area contributed by atoms with E-state index in [2.05, 4.69) is 15.3 Å². The van der Waals surface area contributed by atoms with E-state index in [1.54, 1.807) is 23.9 Å². The third-order valence-corrected chi connectivity index (χ3v) is 5.43. The van der Waals surface area contributed by atoms with Gasteiger partial charge in [0.1, 0.15) is 5.01 Å². The van der Waals surface area contributed by atoms with E-state index >= 15 is 0 Å². The Bertz CT molecular complexity index is 1040. The van der Waals surface area contributed by atoms with Gasteiger partial charge in [0, 0.05) is 29.0 Å². The summed E-state index contributed by atoms with van der Waals surface area (Å²) < 4.78 is 1.94. The third-order valence-electron chi connectivity index (χ3n) is 4.49. The standard InChI is InChI=1S/C22H20N4OS/c1-16(17-7-9-20(10-8-17)26-12-11-23-15-26)24-21(27)13-19-14-28-22(25-19)18-5-3-2-4-6-18/h2-12,14-16H,13H2,1H3,(H,24,27)/t16-/m0/s1. The van der Waals surface area contributed by atoms with Crippen molar-refractivity contribution < 1.29 is 4.79 Å². The van der Waals surface area contributed by atoms with Gasteiger partial charge in [0.2, 0.25) is 5.91 Å². The molecule has 1 atom stereocenters. The number of carbonyl (C=O) groups excluding carboxylic acids is 1. The molecule has 0 aliphatic rings. The van der Waals surface area contributed by atoms with Crippen molar-refractivity contribution in [2.24, 2.45) is 0 Å². The molecule has 1 amide bonds. The van der Waals surface area contributed by atoms with E-state index in [1.807, 2.05) is 77.7 Å². The third kappa shape index (κ3) is 4.18. The number of thiazole rings is 1. The van der Waals surface area contributed by atoms with Gasteiger partial charge >= 0.3 is 0 Å². The van der Waals surface area contributed by atoms with Gasteiger partial charge in [0.05, 0.1) is 24.5 Å². The minimum atomic E-state index is -0.0726. The molecule has 4 rings (SSSR count). The molecule has 1 N–H and O–H groups in total. The predicted octanol–water partition coefficient (Wildman–Crippen LogP) is 4.42. The summed E-state index contributed by atoms with van der Waals surface area (Å²) in [4.78, 5) is 21.1. The van der Waals surface area contributed by atoms with E-state index < -0.39 is 0 Å². The molecule has 2 aromatic carbocycles. The summed E-state index contributed by atoms with van der Waals surface area (Å²) in [7, 11) is 0. The zero-order valence-electron chi connectivity index (χ0n) is 15.4. The Morgan fingerprint density at radius 2 is 1.93 bits per heavy atom. The second-order valence-electron chi connectivity index (χ2n) is 6.54. The molecule has 0 fully saturated rings. The lowest BCUT2D eigenvalue weighted by Gasteiger charge is -2.14. The molecule has 0 spiro atoms. The Morgan fingerprint density at radius 1 is 1.14 bits per heavy atom. The zero-order chi connectivity index (χ0) is 19.3. The highest BCUT2D eigenvalue weighted by Crippen LogP contribution is 2.23. The first-order valence-electron chi connectivity index (χ1n) is 9.06. The predicted molar refractivity (Wildman–Crippen MR) is 111 cm³/mol. The van der Waals surface area contributed by atoms with Crippen molar-refractivity contribution in [3.63, 3.8) is 0 Å². The van der Waals surface area contributed by atoms with Gasteiger partial charge in [-0.1, -0.05) is 42.5 Å². The molecule has 0 aliphatic heterocycles. The van der Waals surface area contributed by atoms with Gasteiger partial charge < -0.3 is 9.88 Å². The summed E-state index contributed by atoms with van der Waals surface area (Å²) >= 11 is 1.56. The van der Waals surface area contributed by atoms with Crippen LogP contribution in [0.3, 0.4) is 0 Å². The van der Waals surface area contributed by atoms with Crippen LogP contribution in [-0.2, 0) is 11.2 Å². The lowest BCUT2D eigenvalue weighted by Crippen LogP contribution is -2.28. The Morgan fingerprint density at radius 3 is 2.64 bits per heavy atom. The largest absolute Gasteiger partial charge is 0.349 e. The number of amides is 1. The van der Waals surface area contributed by atoms with Crippen molar-refractivity contribution in [2.75, 3.05) is 0 Å². The molecule has 140 valence electrons. The van der Waals surface area contributed by atoms with Gasteiger partial charge in [0.15, 0.2) is 0 Å². The molecule has 4 aromatic rings. The van der Waals surface area contributed by atoms with Crippen LogP contribution in [0.25, 0.3) is 16.3 Å². The number of aromatic nitrogens is 3. The Balaban J connectivity index is 1.36. The number of imidazole rings is 1. The van der Waals surface area contributed by atoms with Crippen LogP contribution in [0.15, 0.2) is 78.7 Å². The number of hydrogen-bond donors (Lipinski definition) is 1. The fourth-order valence-corrected chi connectivity index (χ4v) is 3.81. The molecule has 0 radical (unpaired) electrons. The molecule has 2 heterocycles. The van der Waals surface area contributed by atoms with Gasteiger partial charge in [0.25, 0.3) is 0 Å². The van der Waals surface area contributed by atoms with E-state index in [0.717, 1.165) is 27.5 Å². The highest BCUT2D eigenvalue weighted by atomic mass is 32.1. The summed E-state index contributed by atoms with van der Waals surface area (Å²) in [6, 6.07) is 18.0. The van der Waals surface area contributed by atoms with Gasteiger partial charge in [-0.05, 0) is 24.6 Å². The van der Waals surface area contributed by atoms with E-state index in [9.17, 15) is 4.79 Å². The smallest absolute Gasteiger partial charge is 0.226 e. The van der Waals surface area contributed by atoms with Crippen molar-refractivity contribution in [3.8, 4) is 16.3 Å². The van der Waals surface area contributed by atoms with Crippen molar-refractivity contribution in [1.29, 1.82) is 0 Å².